The summed E-state index contributed by atoms with van der Waals surface area (Å²) in [5.41, 5.74) is 1.70. The predicted octanol–water partition coefficient (Wildman–Crippen LogP) is 4.87. The van der Waals surface area contributed by atoms with Gasteiger partial charge in [0.1, 0.15) is 5.75 Å². The Balaban J connectivity index is 1.75. The molecule has 1 saturated carbocycles. The molecule has 31 heavy (non-hydrogen) atoms. The molecule has 1 aliphatic rings. The van der Waals surface area contributed by atoms with Crippen LogP contribution in [0.5, 0.6) is 17.2 Å². The minimum Gasteiger partial charge on any atom is -0.490 e. The number of hydrogen-bond acceptors (Lipinski definition) is 5. The molecule has 0 heterocycles. The molecule has 2 aromatic carbocycles. The van der Waals surface area contributed by atoms with Crippen LogP contribution in [-0.4, -0.2) is 31.1 Å². The van der Waals surface area contributed by atoms with E-state index in [1.165, 1.54) is 6.92 Å². The number of benzene rings is 2. The van der Waals surface area contributed by atoms with E-state index < -0.39 is 0 Å². The first-order valence-electron chi connectivity index (χ1n) is 11.0. The number of carbonyl (C=O) groups excluding carboxylic acids is 2. The number of esters is 1. The molecule has 2 atom stereocenters. The van der Waals surface area contributed by atoms with Crippen LogP contribution < -0.4 is 19.5 Å². The van der Waals surface area contributed by atoms with Gasteiger partial charge >= 0.3 is 5.97 Å². The number of carbonyl (C=O) groups is 2. The van der Waals surface area contributed by atoms with Crippen molar-refractivity contribution in [3.63, 3.8) is 0 Å². The van der Waals surface area contributed by atoms with E-state index in [4.69, 9.17) is 14.2 Å². The first kappa shape index (κ1) is 22.7. The summed E-state index contributed by atoms with van der Waals surface area (Å²) in [6, 6.07) is 12.8. The molecule has 6 nitrogen and oxygen atoms in total. The van der Waals surface area contributed by atoms with Crippen LogP contribution in [0.1, 0.15) is 68.3 Å². The van der Waals surface area contributed by atoms with Gasteiger partial charge in [-0.05, 0) is 68.7 Å². The fourth-order valence-corrected chi connectivity index (χ4v) is 4.09. The summed E-state index contributed by atoms with van der Waals surface area (Å²) in [4.78, 5) is 23.9. The number of ether oxygens (including phenoxy) is 3. The lowest BCUT2D eigenvalue weighted by Crippen LogP contribution is -2.41. The van der Waals surface area contributed by atoms with Crippen LogP contribution in [0.3, 0.4) is 0 Å². The highest BCUT2D eigenvalue weighted by Gasteiger charge is 2.29. The average Bonchev–Trinajstić information content (AvgIpc) is 2.76. The molecule has 0 aromatic heterocycles. The van der Waals surface area contributed by atoms with Crippen LogP contribution in [0.25, 0.3) is 0 Å². The molecule has 1 N–H and O–H groups in total. The maximum absolute atomic E-state index is 12.9. The van der Waals surface area contributed by atoms with Crippen LogP contribution in [0, 0.1) is 0 Å². The molecule has 0 aliphatic heterocycles. The standard InChI is InChI=1S/C25H31NO5/c1-4-29-23-15-12-19(16-24(23)30-5-2)21-8-6-7-9-22(21)26-25(28)18-10-13-20(14-11-18)31-17(3)27/h10-16,21-22H,4-9H2,1-3H3,(H,26,28). The minimum absolute atomic E-state index is 0.0433. The summed E-state index contributed by atoms with van der Waals surface area (Å²) in [5, 5.41) is 3.22. The third kappa shape index (κ3) is 6.00. The van der Waals surface area contributed by atoms with Crippen LogP contribution in [0.2, 0.25) is 0 Å². The minimum atomic E-state index is -0.385. The van der Waals surface area contributed by atoms with E-state index in [0.29, 0.717) is 24.5 Å². The van der Waals surface area contributed by atoms with Crippen molar-refractivity contribution in [1.29, 1.82) is 0 Å². The SMILES string of the molecule is CCOc1ccc(C2CCCCC2NC(=O)c2ccc(OC(C)=O)cc2)cc1OCC. The molecule has 1 amide bonds. The van der Waals surface area contributed by atoms with Crippen LogP contribution in [-0.2, 0) is 4.79 Å². The van der Waals surface area contributed by atoms with Gasteiger partial charge in [-0.3, -0.25) is 9.59 Å². The van der Waals surface area contributed by atoms with Gasteiger partial charge in [-0.2, -0.15) is 0 Å². The number of amides is 1. The Morgan fingerprint density at radius 3 is 2.29 bits per heavy atom. The number of rotatable bonds is 8. The molecule has 1 fully saturated rings. The lowest BCUT2D eigenvalue weighted by atomic mass is 9.79. The van der Waals surface area contributed by atoms with Gasteiger partial charge in [0.25, 0.3) is 5.91 Å². The summed E-state index contributed by atoms with van der Waals surface area (Å²) in [6.07, 6.45) is 4.16. The highest BCUT2D eigenvalue weighted by Crippen LogP contribution is 2.38. The summed E-state index contributed by atoms with van der Waals surface area (Å²) in [6.45, 7) is 6.41. The molecule has 1 aliphatic carbocycles. The second-order valence-electron chi connectivity index (χ2n) is 7.66. The quantitative estimate of drug-likeness (QED) is 0.483. The Kier molecular flexibility index (Phi) is 7.93. The Labute approximate surface area is 183 Å². The van der Waals surface area contributed by atoms with Gasteiger partial charge < -0.3 is 19.5 Å². The molecular formula is C25H31NO5. The third-order valence-corrected chi connectivity index (χ3v) is 5.46. The Bertz CT molecular complexity index is 893. The molecule has 2 unspecified atom stereocenters. The van der Waals surface area contributed by atoms with E-state index in [1.807, 2.05) is 19.9 Å². The van der Waals surface area contributed by atoms with Gasteiger partial charge in [0.15, 0.2) is 11.5 Å². The van der Waals surface area contributed by atoms with Crippen molar-refractivity contribution in [3.8, 4) is 17.2 Å². The molecule has 0 saturated heterocycles. The number of nitrogens with one attached hydrogen (secondary N) is 1. The predicted molar refractivity (Wildman–Crippen MR) is 119 cm³/mol. The van der Waals surface area contributed by atoms with Crippen molar-refractivity contribution in [3.05, 3.63) is 53.6 Å². The molecular weight excluding hydrogens is 394 g/mol. The fraction of sp³-hybridized carbons (Fsp3) is 0.440. The van der Waals surface area contributed by atoms with Crippen molar-refractivity contribution in [2.75, 3.05) is 13.2 Å². The molecule has 166 valence electrons. The maximum Gasteiger partial charge on any atom is 0.308 e. The van der Waals surface area contributed by atoms with Crippen molar-refractivity contribution in [2.24, 2.45) is 0 Å². The normalized spacial score (nSPS) is 18.2. The zero-order valence-corrected chi connectivity index (χ0v) is 18.5. The highest BCUT2D eigenvalue weighted by molar-refractivity contribution is 5.94. The average molecular weight is 426 g/mol. The second kappa shape index (κ2) is 10.8. The van der Waals surface area contributed by atoms with E-state index in [1.54, 1.807) is 24.3 Å². The van der Waals surface area contributed by atoms with Crippen molar-refractivity contribution < 1.29 is 23.8 Å². The van der Waals surface area contributed by atoms with Crippen molar-refractivity contribution in [2.45, 2.75) is 58.4 Å². The third-order valence-electron chi connectivity index (χ3n) is 5.46. The van der Waals surface area contributed by atoms with Crippen molar-refractivity contribution in [1.82, 2.24) is 5.32 Å². The molecule has 0 bridgehead atoms. The molecule has 0 radical (unpaired) electrons. The van der Waals surface area contributed by atoms with Gasteiger partial charge in [-0.25, -0.2) is 0 Å². The first-order valence-corrected chi connectivity index (χ1v) is 11.0. The summed E-state index contributed by atoms with van der Waals surface area (Å²) < 4.78 is 16.5. The van der Waals surface area contributed by atoms with Gasteiger partial charge in [-0.1, -0.05) is 18.9 Å². The van der Waals surface area contributed by atoms with Gasteiger partial charge in [0, 0.05) is 24.4 Å². The fourth-order valence-electron chi connectivity index (χ4n) is 4.09. The van der Waals surface area contributed by atoms with E-state index in [2.05, 4.69) is 17.4 Å². The Morgan fingerprint density at radius 1 is 0.935 bits per heavy atom. The maximum atomic E-state index is 12.9. The molecule has 2 aromatic rings. The van der Waals surface area contributed by atoms with E-state index in [9.17, 15) is 9.59 Å². The van der Waals surface area contributed by atoms with Gasteiger partial charge in [0.2, 0.25) is 0 Å². The van der Waals surface area contributed by atoms with Gasteiger partial charge in [-0.15, -0.1) is 0 Å². The summed E-state index contributed by atoms with van der Waals surface area (Å²) >= 11 is 0. The molecule has 0 spiro atoms. The van der Waals surface area contributed by atoms with Crippen molar-refractivity contribution >= 4 is 11.9 Å². The topological polar surface area (TPSA) is 73.9 Å². The highest BCUT2D eigenvalue weighted by atomic mass is 16.5. The van der Waals surface area contributed by atoms with Crippen LogP contribution >= 0.6 is 0 Å². The second-order valence-corrected chi connectivity index (χ2v) is 7.66. The van der Waals surface area contributed by atoms with E-state index in [0.717, 1.165) is 42.7 Å². The van der Waals surface area contributed by atoms with E-state index in [-0.39, 0.29) is 23.8 Å². The van der Waals surface area contributed by atoms with Crippen LogP contribution in [0.15, 0.2) is 42.5 Å². The number of hydrogen-bond donors (Lipinski definition) is 1. The zero-order chi connectivity index (χ0) is 22.2. The van der Waals surface area contributed by atoms with Crippen LogP contribution in [0.4, 0.5) is 0 Å². The molecule has 6 heteroatoms. The largest absolute Gasteiger partial charge is 0.490 e. The van der Waals surface area contributed by atoms with E-state index >= 15 is 0 Å². The zero-order valence-electron chi connectivity index (χ0n) is 18.5. The Morgan fingerprint density at radius 2 is 1.61 bits per heavy atom. The lowest BCUT2D eigenvalue weighted by molar-refractivity contribution is -0.131. The van der Waals surface area contributed by atoms with Gasteiger partial charge in [0.05, 0.1) is 13.2 Å². The molecule has 3 rings (SSSR count). The monoisotopic (exact) mass is 425 g/mol. The summed E-state index contributed by atoms with van der Waals surface area (Å²) in [5.74, 6) is 1.63. The first-order chi connectivity index (χ1) is 15.0. The smallest absolute Gasteiger partial charge is 0.308 e. The summed E-state index contributed by atoms with van der Waals surface area (Å²) in [7, 11) is 0. The lowest BCUT2D eigenvalue weighted by Gasteiger charge is -2.33. The Hall–Kier alpha value is -3.02.